The van der Waals surface area contributed by atoms with Crippen LogP contribution in [0.5, 0.6) is 0 Å². The summed E-state index contributed by atoms with van der Waals surface area (Å²) in [6.45, 7) is 0.585. The number of halogens is 1. The van der Waals surface area contributed by atoms with Crippen molar-refractivity contribution in [3.05, 3.63) is 54.1 Å². The van der Waals surface area contributed by atoms with Gasteiger partial charge in [-0.15, -0.1) is 0 Å². The van der Waals surface area contributed by atoms with Gasteiger partial charge >= 0.3 is 0 Å². The van der Waals surface area contributed by atoms with Crippen LogP contribution >= 0.6 is 0 Å². The smallest absolute Gasteiger partial charge is 0.142 e. The molecule has 0 fully saturated rings. The maximum absolute atomic E-state index is 13.0. The van der Waals surface area contributed by atoms with Gasteiger partial charge < -0.3 is 4.74 Å². The van der Waals surface area contributed by atoms with E-state index < -0.39 is 0 Å². The van der Waals surface area contributed by atoms with Crippen LogP contribution in [0.4, 0.5) is 4.39 Å². The zero-order valence-corrected chi connectivity index (χ0v) is 8.98. The summed E-state index contributed by atoms with van der Waals surface area (Å²) in [7, 11) is 1.66. The van der Waals surface area contributed by atoms with Crippen molar-refractivity contribution in [3.8, 4) is 11.1 Å². The summed E-state index contributed by atoms with van der Waals surface area (Å²) in [4.78, 5) is 3.82. The first-order chi connectivity index (χ1) is 7.79. The number of rotatable bonds is 3. The first-order valence-electron chi connectivity index (χ1n) is 4.98. The highest BCUT2D eigenvalue weighted by molar-refractivity contribution is 5.62. The summed E-state index contributed by atoms with van der Waals surface area (Å²) in [6, 6.07) is 9.27. The SMILES string of the molecule is COCc1ccc(-c2cncc(F)c2)cc1. The second-order valence-corrected chi connectivity index (χ2v) is 3.52. The van der Waals surface area contributed by atoms with Gasteiger partial charge in [-0.2, -0.15) is 0 Å². The molecule has 0 saturated carbocycles. The fourth-order valence-corrected chi connectivity index (χ4v) is 1.53. The van der Waals surface area contributed by atoms with Crippen molar-refractivity contribution in [2.75, 3.05) is 7.11 Å². The molecule has 16 heavy (non-hydrogen) atoms. The van der Waals surface area contributed by atoms with Crippen LogP contribution in [0.15, 0.2) is 42.7 Å². The Morgan fingerprint density at radius 2 is 1.88 bits per heavy atom. The van der Waals surface area contributed by atoms with E-state index in [1.807, 2.05) is 24.3 Å². The summed E-state index contributed by atoms with van der Waals surface area (Å²) in [5.74, 6) is -0.321. The molecule has 82 valence electrons. The van der Waals surface area contributed by atoms with Crippen molar-refractivity contribution in [1.82, 2.24) is 4.98 Å². The molecule has 1 heterocycles. The molecule has 0 aliphatic rings. The van der Waals surface area contributed by atoms with E-state index in [4.69, 9.17) is 4.74 Å². The van der Waals surface area contributed by atoms with Crippen LogP contribution < -0.4 is 0 Å². The number of methoxy groups -OCH3 is 1. The quantitative estimate of drug-likeness (QED) is 0.788. The van der Waals surface area contributed by atoms with Crippen molar-refractivity contribution >= 4 is 0 Å². The van der Waals surface area contributed by atoms with E-state index in [2.05, 4.69) is 4.98 Å². The second kappa shape index (κ2) is 4.86. The molecule has 0 aliphatic carbocycles. The Bertz CT molecular complexity index is 468. The van der Waals surface area contributed by atoms with Crippen LogP contribution in [0.1, 0.15) is 5.56 Å². The number of aromatic nitrogens is 1. The lowest BCUT2D eigenvalue weighted by atomic mass is 10.1. The molecule has 2 rings (SSSR count). The largest absolute Gasteiger partial charge is 0.380 e. The number of nitrogens with zero attached hydrogens (tertiary/aromatic N) is 1. The molecule has 0 N–H and O–H groups in total. The second-order valence-electron chi connectivity index (χ2n) is 3.52. The van der Waals surface area contributed by atoms with E-state index >= 15 is 0 Å². The van der Waals surface area contributed by atoms with Gasteiger partial charge in [0.15, 0.2) is 0 Å². The maximum Gasteiger partial charge on any atom is 0.142 e. The Balaban J connectivity index is 2.27. The Morgan fingerprint density at radius 3 is 2.50 bits per heavy atom. The molecule has 3 heteroatoms. The Hall–Kier alpha value is -1.74. The van der Waals surface area contributed by atoms with Crippen LogP contribution in [0.3, 0.4) is 0 Å². The highest BCUT2D eigenvalue weighted by atomic mass is 19.1. The van der Waals surface area contributed by atoms with Gasteiger partial charge in [-0.05, 0) is 17.2 Å². The summed E-state index contributed by atoms with van der Waals surface area (Å²) in [6.07, 6.45) is 2.84. The molecule has 1 aromatic heterocycles. The normalized spacial score (nSPS) is 10.4. The fourth-order valence-electron chi connectivity index (χ4n) is 1.53. The van der Waals surface area contributed by atoms with Gasteiger partial charge in [0, 0.05) is 18.9 Å². The van der Waals surface area contributed by atoms with Gasteiger partial charge in [0.05, 0.1) is 12.8 Å². The van der Waals surface area contributed by atoms with E-state index in [9.17, 15) is 4.39 Å². The summed E-state index contributed by atoms with van der Waals surface area (Å²) >= 11 is 0. The first kappa shape index (κ1) is 10.8. The van der Waals surface area contributed by atoms with E-state index in [-0.39, 0.29) is 5.82 Å². The molecule has 0 amide bonds. The Kier molecular flexibility index (Phi) is 3.27. The fraction of sp³-hybridized carbons (Fsp3) is 0.154. The van der Waals surface area contributed by atoms with Crippen LogP contribution in [0, 0.1) is 5.82 Å². The predicted octanol–water partition coefficient (Wildman–Crippen LogP) is 3.03. The molecule has 0 radical (unpaired) electrons. The zero-order chi connectivity index (χ0) is 11.4. The van der Waals surface area contributed by atoms with E-state index in [0.717, 1.165) is 16.7 Å². The molecular weight excluding hydrogens is 205 g/mol. The van der Waals surface area contributed by atoms with Crippen molar-refractivity contribution in [2.45, 2.75) is 6.61 Å². The van der Waals surface area contributed by atoms with Crippen LogP contribution in [0.25, 0.3) is 11.1 Å². The van der Waals surface area contributed by atoms with Gasteiger partial charge in [-0.25, -0.2) is 4.39 Å². The van der Waals surface area contributed by atoms with Gasteiger partial charge in [0.25, 0.3) is 0 Å². The van der Waals surface area contributed by atoms with Gasteiger partial charge in [0.1, 0.15) is 5.82 Å². The molecule has 2 aromatic rings. The monoisotopic (exact) mass is 217 g/mol. The molecule has 0 bridgehead atoms. The molecular formula is C13H12FNO. The number of benzene rings is 1. The third-order valence-electron chi connectivity index (χ3n) is 2.30. The number of ether oxygens (including phenoxy) is 1. The van der Waals surface area contributed by atoms with Crippen molar-refractivity contribution in [1.29, 1.82) is 0 Å². The van der Waals surface area contributed by atoms with Crippen molar-refractivity contribution in [2.24, 2.45) is 0 Å². The highest BCUT2D eigenvalue weighted by Crippen LogP contribution is 2.19. The van der Waals surface area contributed by atoms with E-state index in [1.54, 1.807) is 13.3 Å². The van der Waals surface area contributed by atoms with Crippen molar-refractivity contribution < 1.29 is 9.13 Å². The van der Waals surface area contributed by atoms with Crippen LogP contribution in [-0.2, 0) is 11.3 Å². The third-order valence-corrected chi connectivity index (χ3v) is 2.30. The Labute approximate surface area is 93.7 Å². The van der Waals surface area contributed by atoms with E-state index in [1.165, 1.54) is 12.3 Å². The van der Waals surface area contributed by atoms with Crippen molar-refractivity contribution in [3.63, 3.8) is 0 Å². The zero-order valence-electron chi connectivity index (χ0n) is 8.98. The number of hydrogen-bond acceptors (Lipinski definition) is 2. The molecule has 0 aliphatic heterocycles. The van der Waals surface area contributed by atoms with Gasteiger partial charge in [0.2, 0.25) is 0 Å². The van der Waals surface area contributed by atoms with Gasteiger partial charge in [-0.3, -0.25) is 4.98 Å². The topological polar surface area (TPSA) is 22.1 Å². The minimum Gasteiger partial charge on any atom is -0.380 e. The average Bonchev–Trinajstić information content (AvgIpc) is 2.30. The highest BCUT2D eigenvalue weighted by Gasteiger charge is 2.00. The summed E-state index contributed by atoms with van der Waals surface area (Å²) in [5.41, 5.74) is 2.83. The predicted molar refractivity (Wildman–Crippen MR) is 60.3 cm³/mol. The lowest BCUT2D eigenvalue weighted by molar-refractivity contribution is 0.185. The minimum absolute atomic E-state index is 0.321. The van der Waals surface area contributed by atoms with Gasteiger partial charge in [-0.1, -0.05) is 24.3 Å². The summed E-state index contributed by atoms with van der Waals surface area (Å²) in [5, 5.41) is 0. The number of hydrogen-bond donors (Lipinski definition) is 0. The molecule has 0 spiro atoms. The molecule has 0 saturated heterocycles. The maximum atomic E-state index is 13.0. The average molecular weight is 217 g/mol. The Morgan fingerprint density at radius 1 is 1.12 bits per heavy atom. The number of pyridine rings is 1. The molecule has 2 nitrogen and oxygen atoms in total. The molecule has 0 atom stereocenters. The van der Waals surface area contributed by atoms with Crippen LogP contribution in [-0.4, -0.2) is 12.1 Å². The first-order valence-corrected chi connectivity index (χ1v) is 4.98. The van der Waals surface area contributed by atoms with E-state index in [0.29, 0.717) is 6.61 Å². The standard InChI is InChI=1S/C13H12FNO/c1-16-9-10-2-4-11(5-3-10)12-6-13(14)8-15-7-12/h2-8H,9H2,1H3. The molecule has 1 aromatic carbocycles. The molecule has 0 unspecified atom stereocenters. The third kappa shape index (κ3) is 2.44. The summed E-state index contributed by atoms with van der Waals surface area (Å²) < 4.78 is 18.0. The minimum atomic E-state index is -0.321. The van der Waals surface area contributed by atoms with Crippen LogP contribution in [0.2, 0.25) is 0 Å². The lowest BCUT2D eigenvalue weighted by Crippen LogP contribution is -1.87. The lowest BCUT2D eigenvalue weighted by Gasteiger charge is -2.03.